The maximum atomic E-state index is 9.12. The minimum atomic E-state index is -1.51. The lowest BCUT2D eigenvalue weighted by molar-refractivity contribution is -0.150. The van der Waals surface area contributed by atoms with Crippen molar-refractivity contribution in [3.8, 4) is 0 Å². The minimum Gasteiger partial charge on any atom is -0.394 e. The quantitative estimate of drug-likeness (QED) is 0.306. The van der Waals surface area contributed by atoms with E-state index in [4.69, 9.17) is 25.5 Å². The molecule has 1 saturated heterocycles. The Bertz CT molecular complexity index is 151. The van der Waals surface area contributed by atoms with Gasteiger partial charge in [-0.2, -0.15) is 0 Å². The Morgan fingerprint density at radius 3 is 2.08 bits per heavy atom. The molecule has 0 unspecified atom stereocenters. The lowest BCUT2D eigenvalue weighted by Gasteiger charge is -2.18. The standard InChI is InChI=1S/C6H12O6/c7-1-2(8)5-3(9)4(10)6(11)12-5/h2-11H,1H2/t2-,3+,4-,5+,6-/m0/s1. The second kappa shape index (κ2) is 3.65. The zero-order chi connectivity index (χ0) is 9.30. The van der Waals surface area contributed by atoms with E-state index in [1.54, 1.807) is 0 Å². The first-order valence-electron chi connectivity index (χ1n) is 3.56. The van der Waals surface area contributed by atoms with E-state index in [1.807, 2.05) is 0 Å². The van der Waals surface area contributed by atoms with Gasteiger partial charge in [0.05, 0.1) is 6.61 Å². The van der Waals surface area contributed by atoms with Gasteiger partial charge in [0.2, 0.25) is 0 Å². The van der Waals surface area contributed by atoms with Crippen molar-refractivity contribution in [1.29, 1.82) is 0 Å². The second-order valence-electron chi connectivity index (χ2n) is 2.72. The van der Waals surface area contributed by atoms with Gasteiger partial charge in [-0.1, -0.05) is 0 Å². The Hall–Kier alpha value is -0.240. The highest BCUT2D eigenvalue weighted by Crippen LogP contribution is 2.21. The van der Waals surface area contributed by atoms with Crippen LogP contribution >= 0.6 is 0 Å². The fraction of sp³-hybridized carbons (Fsp3) is 1.00. The lowest BCUT2D eigenvalue weighted by atomic mass is 10.1. The normalized spacial score (nSPS) is 44.8. The molecule has 1 rings (SSSR count). The summed E-state index contributed by atoms with van der Waals surface area (Å²) in [6.45, 7) is -0.596. The zero-order valence-corrected chi connectivity index (χ0v) is 6.24. The summed E-state index contributed by atoms with van der Waals surface area (Å²) in [6, 6.07) is 0. The molecule has 0 spiro atoms. The van der Waals surface area contributed by atoms with Gasteiger partial charge in [-0.15, -0.1) is 0 Å². The fourth-order valence-corrected chi connectivity index (χ4v) is 1.11. The van der Waals surface area contributed by atoms with Crippen molar-refractivity contribution in [1.82, 2.24) is 0 Å². The molecule has 5 N–H and O–H groups in total. The largest absolute Gasteiger partial charge is 0.394 e. The molecule has 5 atom stereocenters. The van der Waals surface area contributed by atoms with Gasteiger partial charge in [-0.25, -0.2) is 0 Å². The van der Waals surface area contributed by atoms with Crippen LogP contribution in [0.5, 0.6) is 0 Å². The van der Waals surface area contributed by atoms with Gasteiger partial charge < -0.3 is 30.3 Å². The van der Waals surface area contributed by atoms with Gasteiger partial charge in [0.1, 0.15) is 24.4 Å². The highest BCUT2D eigenvalue weighted by Gasteiger charge is 2.44. The van der Waals surface area contributed by atoms with Crippen molar-refractivity contribution in [2.75, 3.05) is 6.61 Å². The van der Waals surface area contributed by atoms with E-state index in [0.29, 0.717) is 0 Å². The lowest BCUT2D eigenvalue weighted by Crippen LogP contribution is -2.40. The third-order valence-corrected chi connectivity index (χ3v) is 1.84. The predicted octanol–water partition coefficient (Wildman–Crippen LogP) is -3.22. The predicted molar refractivity (Wildman–Crippen MR) is 36.0 cm³/mol. The first-order chi connectivity index (χ1) is 5.57. The van der Waals surface area contributed by atoms with Crippen LogP contribution in [0.4, 0.5) is 0 Å². The molecule has 72 valence electrons. The van der Waals surface area contributed by atoms with Crippen LogP contribution in [-0.2, 0) is 4.74 Å². The van der Waals surface area contributed by atoms with Gasteiger partial charge in [0, 0.05) is 0 Å². The maximum Gasteiger partial charge on any atom is 0.184 e. The van der Waals surface area contributed by atoms with Crippen LogP contribution in [0.2, 0.25) is 0 Å². The van der Waals surface area contributed by atoms with Crippen LogP contribution in [0, 0.1) is 0 Å². The minimum absolute atomic E-state index is 0.596. The van der Waals surface area contributed by atoms with Crippen molar-refractivity contribution < 1.29 is 30.3 Å². The summed E-state index contributed by atoms with van der Waals surface area (Å²) < 4.78 is 4.58. The van der Waals surface area contributed by atoms with E-state index in [9.17, 15) is 0 Å². The molecule has 1 aliphatic heterocycles. The van der Waals surface area contributed by atoms with E-state index in [2.05, 4.69) is 4.74 Å². The monoisotopic (exact) mass is 180 g/mol. The molecule has 0 aromatic rings. The summed E-state index contributed by atoms with van der Waals surface area (Å²) in [5, 5.41) is 44.4. The Labute approximate surface area is 68.6 Å². The second-order valence-corrected chi connectivity index (χ2v) is 2.72. The molecule has 1 heterocycles. The molecular weight excluding hydrogens is 168 g/mol. The number of aliphatic hydroxyl groups excluding tert-OH is 5. The summed E-state index contributed by atoms with van der Waals surface area (Å²) in [7, 11) is 0. The maximum absolute atomic E-state index is 9.12. The van der Waals surface area contributed by atoms with E-state index < -0.39 is 37.3 Å². The average molecular weight is 180 g/mol. The fourth-order valence-electron chi connectivity index (χ4n) is 1.11. The number of rotatable bonds is 2. The van der Waals surface area contributed by atoms with Crippen LogP contribution in [0.15, 0.2) is 0 Å². The molecule has 6 nitrogen and oxygen atoms in total. The molecule has 6 heteroatoms. The Morgan fingerprint density at radius 2 is 1.75 bits per heavy atom. The SMILES string of the molecule is OC[C@H](O)[C@H]1O[C@H](O)[C@@H](O)[C@H]1O. The molecule has 0 amide bonds. The van der Waals surface area contributed by atoms with E-state index in [1.165, 1.54) is 0 Å². The Morgan fingerprint density at radius 1 is 1.17 bits per heavy atom. The third-order valence-electron chi connectivity index (χ3n) is 1.84. The topological polar surface area (TPSA) is 110 Å². The molecule has 0 radical (unpaired) electrons. The van der Waals surface area contributed by atoms with Crippen molar-refractivity contribution in [2.45, 2.75) is 30.7 Å². The summed E-state index contributed by atoms with van der Waals surface area (Å²) in [4.78, 5) is 0. The van der Waals surface area contributed by atoms with Gasteiger partial charge in [0.15, 0.2) is 6.29 Å². The summed E-state index contributed by atoms with van der Waals surface area (Å²) in [6.07, 6.45) is -6.75. The summed E-state index contributed by atoms with van der Waals surface area (Å²) in [5.41, 5.74) is 0. The highest BCUT2D eigenvalue weighted by atomic mass is 16.6. The van der Waals surface area contributed by atoms with Crippen LogP contribution in [-0.4, -0.2) is 62.8 Å². The molecule has 0 aromatic carbocycles. The van der Waals surface area contributed by atoms with Gasteiger partial charge in [-0.3, -0.25) is 0 Å². The first-order valence-corrected chi connectivity index (χ1v) is 3.56. The van der Waals surface area contributed by atoms with Gasteiger partial charge >= 0.3 is 0 Å². The molecule has 0 aromatic heterocycles. The van der Waals surface area contributed by atoms with Crippen LogP contribution < -0.4 is 0 Å². The van der Waals surface area contributed by atoms with Crippen molar-refractivity contribution in [3.05, 3.63) is 0 Å². The summed E-state index contributed by atoms with van der Waals surface area (Å²) >= 11 is 0. The highest BCUT2D eigenvalue weighted by molar-refractivity contribution is 4.89. The van der Waals surface area contributed by atoms with Gasteiger partial charge in [-0.05, 0) is 0 Å². The van der Waals surface area contributed by atoms with E-state index >= 15 is 0 Å². The number of ether oxygens (including phenoxy) is 1. The Kier molecular flexibility index (Phi) is 2.99. The van der Waals surface area contributed by atoms with E-state index in [-0.39, 0.29) is 0 Å². The van der Waals surface area contributed by atoms with Crippen LogP contribution in [0.3, 0.4) is 0 Å². The molecule has 1 aliphatic rings. The van der Waals surface area contributed by atoms with Gasteiger partial charge in [0.25, 0.3) is 0 Å². The average Bonchev–Trinajstić information content (AvgIpc) is 2.32. The number of hydrogen-bond acceptors (Lipinski definition) is 6. The molecule has 0 aliphatic carbocycles. The van der Waals surface area contributed by atoms with Crippen molar-refractivity contribution in [3.63, 3.8) is 0 Å². The zero-order valence-electron chi connectivity index (χ0n) is 6.24. The molecule has 12 heavy (non-hydrogen) atoms. The van der Waals surface area contributed by atoms with Crippen LogP contribution in [0.25, 0.3) is 0 Å². The van der Waals surface area contributed by atoms with Crippen LogP contribution in [0.1, 0.15) is 0 Å². The van der Waals surface area contributed by atoms with Crippen molar-refractivity contribution >= 4 is 0 Å². The molecule has 0 saturated carbocycles. The Balaban J connectivity index is 2.58. The smallest absolute Gasteiger partial charge is 0.184 e. The molecule has 0 bridgehead atoms. The van der Waals surface area contributed by atoms with E-state index in [0.717, 1.165) is 0 Å². The number of aliphatic hydroxyl groups is 5. The number of hydrogen-bond donors (Lipinski definition) is 5. The third kappa shape index (κ3) is 1.58. The summed E-state index contributed by atoms with van der Waals surface area (Å²) in [5.74, 6) is 0. The first kappa shape index (κ1) is 9.85. The molecule has 1 fully saturated rings. The van der Waals surface area contributed by atoms with Crippen molar-refractivity contribution in [2.24, 2.45) is 0 Å². The molecular formula is C6H12O6.